The molecule has 1 aliphatic heterocycles. The van der Waals surface area contributed by atoms with E-state index in [1.54, 1.807) is 13.8 Å². The lowest BCUT2D eigenvalue weighted by Gasteiger charge is -2.34. The molecule has 0 aliphatic carbocycles. The molecule has 1 amide bonds. The van der Waals surface area contributed by atoms with Crippen molar-refractivity contribution in [3.63, 3.8) is 0 Å². The largest absolute Gasteiger partial charge is 0.481 e. The second kappa shape index (κ2) is 5.16. The molecule has 1 aromatic carbocycles. The summed E-state index contributed by atoms with van der Waals surface area (Å²) in [7, 11) is 0. The Labute approximate surface area is 121 Å². The first-order valence-electron chi connectivity index (χ1n) is 6.53. The summed E-state index contributed by atoms with van der Waals surface area (Å²) < 4.78 is 0. The summed E-state index contributed by atoms with van der Waals surface area (Å²) in [5, 5.41) is 20.0. The van der Waals surface area contributed by atoms with Crippen LogP contribution in [0.1, 0.15) is 25.8 Å². The molecule has 0 bridgehead atoms. The van der Waals surface area contributed by atoms with Gasteiger partial charge in [0.2, 0.25) is 5.91 Å². The van der Waals surface area contributed by atoms with Crippen molar-refractivity contribution in [3.8, 4) is 0 Å². The van der Waals surface area contributed by atoms with E-state index in [1.165, 1.54) is 23.1 Å². The number of non-ortho nitro benzene ring substituents is 1. The summed E-state index contributed by atoms with van der Waals surface area (Å²) in [6.45, 7) is 3.12. The van der Waals surface area contributed by atoms with Gasteiger partial charge in [-0.1, -0.05) is 0 Å². The van der Waals surface area contributed by atoms with Crippen LogP contribution >= 0.6 is 0 Å². The molecule has 112 valence electrons. The van der Waals surface area contributed by atoms with Crippen LogP contribution < -0.4 is 4.90 Å². The standard InChI is InChI=1S/C14H16N2O5/c1-14(2,13(18)19)8-15-11-5-4-10(16(20)21)7-9(11)3-6-12(15)17/h4-5,7H,3,6,8H2,1-2H3,(H,18,19). The normalized spacial score (nSPS) is 14.8. The average Bonchev–Trinajstić information content (AvgIpc) is 2.41. The van der Waals surface area contributed by atoms with Gasteiger partial charge in [-0.2, -0.15) is 0 Å². The lowest BCUT2D eigenvalue weighted by molar-refractivity contribution is -0.384. The molecule has 0 saturated carbocycles. The van der Waals surface area contributed by atoms with Crippen molar-refractivity contribution >= 4 is 23.3 Å². The smallest absolute Gasteiger partial charge is 0.310 e. The SMILES string of the molecule is CC(C)(CN1C(=O)CCc2cc([N+](=O)[O-])ccc21)C(=O)O. The van der Waals surface area contributed by atoms with E-state index < -0.39 is 16.3 Å². The minimum atomic E-state index is -1.09. The number of benzene rings is 1. The molecule has 7 heteroatoms. The molecule has 0 fully saturated rings. The number of nitrogens with zero attached hydrogens (tertiary/aromatic N) is 2. The highest BCUT2D eigenvalue weighted by atomic mass is 16.6. The van der Waals surface area contributed by atoms with Crippen LogP contribution in [0.25, 0.3) is 0 Å². The molecule has 1 aromatic rings. The maximum Gasteiger partial charge on any atom is 0.310 e. The third-order valence-electron chi connectivity index (χ3n) is 3.61. The number of carbonyl (C=O) groups excluding carboxylic acids is 1. The fourth-order valence-corrected chi connectivity index (χ4v) is 2.30. The Bertz CT molecular complexity index is 624. The van der Waals surface area contributed by atoms with Crippen molar-refractivity contribution in [2.24, 2.45) is 5.41 Å². The summed E-state index contributed by atoms with van der Waals surface area (Å²) >= 11 is 0. The maximum absolute atomic E-state index is 12.1. The predicted molar refractivity (Wildman–Crippen MR) is 75.2 cm³/mol. The van der Waals surface area contributed by atoms with E-state index >= 15 is 0 Å². The first-order chi connectivity index (χ1) is 9.72. The van der Waals surface area contributed by atoms with Crippen molar-refractivity contribution < 1.29 is 19.6 Å². The number of hydrogen-bond donors (Lipinski definition) is 1. The highest BCUT2D eigenvalue weighted by Gasteiger charge is 2.35. The number of hydrogen-bond acceptors (Lipinski definition) is 4. The van der Waals surface area contributed by atoms with Gasteiger partial charge in [-0.15, -0.1) is 0 Å². The van der Waals surface area contributed by atoms with Crippen LogP contribution in [0.2, 0.25) is 0 Å². The van der Waals surface area contributed by atoms with Gasteiger partial charge < -0.3 is 10.0 Å². The third kappa shape index (κ3) is 2.86. The van der Waals surface area contributed by atoms with E-state index in [0.717, 1.165) is 0 Å². The Balaban J connectivity index is 2.39. The van der Waals surface area contributed by atoms with Crippen molar-refractivity contribution in [3.05, 3.63) is 33.9 Å². The van der Waals surface area contributed by atoms with Crippen LogP contribution in [0.5, 0.6) is 0 Å². The lowest BCUT2D eigenvalue weighted by atomic mass is 9.90. The first-order valence-corrected chi connectivity index (χ1v) is 6.53. The maximum atomic E-state index is 12.1. The molecule has 2 rings (SSSR count). The average molecular weight is 292 g/mol. The molecule has 1 heterocycles. The van der Waals surface area contributed by atoms with E-state index in [9.17, 15) is 24.8 Å². The molecule has 21 heavy (non-hydrogen) atoms. The van der Waals surface area contributed by atoms with Gasteiger partial charge in [-0.3, -0.25) is 19.7 Å². The summed E-state index contributed by atoms with van der Waals surface area (Å²) in [5.74, 6) is -1.16. The van der Waals surface area contributed by atoms with Crippen LogP contribution in [0.15, 0.2) is 18.2 Å². The molecule has 0 atom stereocenters. The molecule has 1 N–H and O–H groups in total. The summed E-state index contributed by atoms with van der Waals surface area (Å²) in [5.41, 5.74) is 0.142. The second-order valence-corrected chi connectivity index (χ2v) is 5.74. The Morgan fingerprint density at radius 3 is 2.67 bits per heavy atom. The van der Waals surface area contributed by atoms with Crippen LogP contribution in [0, 0.1) is 15.5 Å². The lowest BCUT2D eigenvalue weighted by Crippen LogP contribution is -2.44. The van der Waals surface area contributed by atoms with Gasteiger partial charge in [-0.05, 0) is 31.9 Å². The first kappa shape index (κ1) is 15.0. The predicted octanol–water partition coefficient (Wildman–Crippen LogP) is 1.98. The van der Waals surface area contributed by atoms with Gasteiger partial charge in [-0.25, -0.2) is 0 Å². The van der Waals surface area contributed by atoms with Crippen LogP contribution in [0.3, 0.4) is 0 Å². The van der Waals surface area contributed by atoms with E-state index in [2.05, 4.69) is 0 Å². The monoisotopic (exact) mass is 292 g/mol. The summed E-state index contributed by atoms with van der Waals surface area (Å²) in [6, 6.07) is 4.29. The van der Waals surface area contributed by atoms with Gasteiger partial charge in [0.15, 0.2) is 0 Å². The number of carboxylic acid groups (broad SMARTS) is 1. The van der Waals surface area contributed by atoms with Crippen LogP contribution in [-0.4, -0.2) is 28.5 Å². The quantitative estimate of drug-likeness (QED) is 0.675. The molecule has 0 unspecified atom stereocenters. The van der Waals surface area contributed by atoms with Crippen LogP contribution in [0.4, 0.5) is 11.4 Å². The molecular weight excluding hydrogens is 276 g/mol. The zero-order valence-corrected chi connectivity index (χ0v) is 11.8. The number of amides is 1. The van der Waals surface area contributed by atoms with Gasteiger partial charge in [0.1, 0.15) is 0 Å². The molecular formula is C14H16N2O5. The fraction of sp³-hybridized carbons (Fsp3) is 0.429. The zero-order chi connectivity index (χ0) is 15.8. The number of nitro benzene ring substituents is 1. The summed E-state index contributed by atoms with van der Waals surface area (Å²) in [6.07, 6.45) is 0.656. The van der Waals surface area contributed by atoms with Crippen LogP contribution in [-0.2, 0) is 16.0 Å². The highest BCUT2D eigenvalue weighted by Crippen LogP contribution is 2.33. The highest BCUT2D eigenvalue weighted by molar-refractivity contribution is 5.97. The van der Waals surface area contributed by atoms with Crippen molar-refractivity contribution in [1.82, 2.24) is 0 Å². The summed E-state index contributed by atoms with van der Waals surface area (Å²) in [4.78, 5) is 35.0. The minimum absolute atomic E-state index is 0.0273. The Kier molecular flexibility index (Phi) is 3.67. The molecule has 1 aliphatic rings. The Morgan fingerprint density at radius 2 is 2.10 bits per heavy atom. The molecule has 0 saturated heterocycles. The third-order valence-corrected chi connectivity index (χ3v) is 3.61. The molecule has 0 aromatic heterocycles. The van der Waals surface area contributed by atoms with E-state index in [1.807, 2.05) is 0 Å². The van der Waals surface area contributed by atoms with Gasteiger partial charge in [0, 0.05) is 30.8 Å². The zero-order valence-electron chi connectivity index (χ0n) is 11.8. The Morgan fingerprint density at radius 1 is 1.43 bits per heavy atom. The number of aryl methyl sites for hydroxylation is 1. The van der Waals surface area contributed by atoms with E-state index in [4.69, 9.17) is 0 Å². The van der Waals surface area contributed by atoms with Gasteiger partial charge in [0.25, 0.3) is 5.69 Å². The van der Waals surface area contributed by atoms with Crippen molar-refractivity contribution in [2.75, 3.05) is 11.4 Å². The fourth-order valence-electron chi connectivity index (χ4n) is 2.30. The van der Waals surface area contributed by atoms with Crippen molar-refractivity contribution in [2.45, 2.75) is 26.7 Å². The van der Waals surface area contributed by atoms with E-state index in [-0.39, 0.29) is 24.6 Å². The molecule has 0 radical (unpaired) electrons. The minimum Gasteiger partial charge on any atom is -0.481 e. The topological polar surface area (TPSA) is 101 Å². The number of aliphatic carboxylic acids is 1. The van der Waals surface area contributed by atoms with Crippen molar-refractivity contribution in [1.29, 1.82) is 0 Å². The Hall–Kier alpha value is -2.44. The van der Waals surface area contributed by atoms with Gasteiger partial charge in [0.05, 0.1) is 10.3 Å². The number of anilines is 1. The molecule has 7 nitrogen and oxygen atoms in total. The number of rotatable bonds is 4. The molecule has 0 spiro atoms. The number of carbonyl (C=O) groups is 2. The number of carboxylic acids is 1. The second-order valence-electron chi connectivity index (χ2n) is 5.74. The van der Waals surface area contributed by atoms with E-state index in [0.29, 0.717) is 17.7 Å². The number of fused-ring (bicyclic) bond motifs is 1. The van der Waals surface area contributed by atoms with Gasteiger partial charge >= 0.3 is 5.97 Å². The number of nitro groups is 1.